The minimum Gasteiger partial charge on any atom is -0.326 e. The first-order valence-electron chi connectivity index (χ1n) is 10.6. The molecule has 4 rings (SSSR count). The van der Waals surface area contributed by atoms with Gasteiger partial charge in [-0.1, -0.05) is 30.3 Å². The maximum atomic E-state index is 13.4. The van der Waals surface area contributed by atoms with Crippen LogP contribution in [0.15, 0.2) is 59.5 Å². The maximum absolute atomic E-state index is 13.4. The van der Waals surface area contributed by atoms with Gasteiger partial charge >= 0.3 is 0 Å². The Balaban J connectivity index is 1.72. The van der Waals surface area contributed by atoms with Crippen molar-refractivity contribution in [2.75, 3.05) is 0 Å². The fourth-order valence-corrected chi connectivity index (χ4v) is 4.52. The molecule has 0 saturated carbocycles. The molecule has 1 atom stereocenters. The van der Waals surface area contributed by atoms with Gasteiger partial charge in [-0.3, -0.25) is 9.59 Å². The van der Waals surface area contributed by atoms with Crippen molar-refractivity contribution in [2.24, 2.45) is 0 Å². The Hall–Kier alpha value is -3.47. The Morgan fingerprint density at radius 3 is 2.55 bits per heavy atom. The molecule has 0 fully saturated rings. The molecule has 0 bridgehead atoms. The lowest BCUT2D eigenvalue weighted by Gasteiger charge is -2.17. The van der Waals surface area contributed by atoms with Gasteiger partial charge in [-0.15, -0.1) is 0 Å². The Labute approximate surface area is 181 Å². The molecule has 31 heavy (non-hydrogen) atoms. The van der Waals surface area contributed by atoms with Gasteiger partial charge in [-0.05, 0) is 63.4 Å². The maximum Gasteiger partial charge on any atom is 0.251 e. The molecule has 0 aliphatic carbocycles. The monoisotopic (exact) mass is 413 g/mol. The number of hydrogen-bond acceptors (Lipinski definition) is 3. The minimum absolute atomic E-state index is 0.0360. The Morgan fingerprint density at radius 2 is 1.84 bits per heavy atom. The number of nitrogens with zero attached hydrogens (tertiary/aromatic N) is 2. The van der Waals surface area contributed by atoms with Crippen LogP contribution < -0.4 is 5.56 Å². The summed E-state index contributed by atoms with van der Waals surface area (Å²) in [4.78, 5) is 33.2. The predicted octanol–water partition coefficient (Wildman–Crippen LogP) is 5.07. The van der Waals surface area contributed by atoms with Crippen LogP contribution in [0.25, 0.3) is 11.0 Å². The van der Waals surface area contributed by atoms with Crippen LogP contribution in [0, 0.1) is 20.8 Å². The summed E-state index contributed by atoms with van der Waals surface area (Å²) in [7, 11) is 0. The van der Waals surface area contributed by atoms with Crippen LogP contribution in [-0.4, -0.2) is 20.3 Å². The molecular weight excluding hydrogens is 386 g/mol. The van der Waals surface area contributed by atoms with Crippen LogP contribution in [0.1, 0.15) is 57.8 Å². The van der Waals surface area contributed by atoms with Crippen molar-refractivity contribution < 1.29 is 4.79 Å². The molecule has 3 heterocycles. The molecule has 0 aliphatic heterocycles. The molecule has 158 valence electrons. The highest BCUT2D eigenvalue weighted by atomic mass is 16.1. The zero-order valence-corrected chi connectivity index (χ0v) is 18.4. The summed E-state index contributed by atoms with van der Waals surface area (Å²) in [5, 5.41) is 0.863. The molecule has 5 nitrogen and oxygen atoms in total. The van der Waals surface area contributed by atoms with Crippen LogP contribution >= 0.6 is 0 Å². The highest BCUT2D eigenvalue weighted by Crippen LogP contribution is 2.31. The molecule has 0 spiro atoms. The zero-order valence-electron chi connectivity index (χ0n) is 18.4. The number of carbonyl (C=O) groups excluding carboxylic acids is 1. The Kier molecular flexibility index (Phi) is 5.59. The highest BCUT2D eigenvalue weighted by Gasteiger charge is 2.24. The average Bonchev–Trinajstić information content (AvgIpc) is 3.04. The molecular formula is C26H27N3O2. The number of aromatic amines is 1. The van der Waals surface area contributed by atoms with E-state index in [1.54, 1.807) is 6.20 Å². The fraction of sp³-hybridized carbons (Fsp3) is 0.269. The topological polar surface area (TPSA) is 67.8 Å². The smallest absolute Gasteiger partial charge is 0.251 e. The van der Waals surface area contributed by atoms with E-state index in [4.69, 9.17) is 0 Å². The first-order chi connectivity index (χ1) is 14.9. The number of Topliss-reactive ketones (excluding diaryl/α,β-unsaturated/α-hetero) is 1. The summed E-state index contributed by atoms with van der Waals surface area (Å²) < 4.78 is 2.14. The van der Waals surface area contributed by atoms with Crippen molar-refractivity contribution in [1.82, 2.24) is 14.5 Å². The van der Waals surface area contributed by atoms with Crippen molar-refractivity contribution in [3.05, 3.63) is 98.7 Å². The average molecular weight is 414 g/mol. The summed E-state index contributed by atoms with van der Waals surface area (Å²) in [5.74, 6) is 0.0360. The van der Waals surface area contributed by atoms with Gasteiger partial charge in [-0.25, -0.2) is 4.98 Å². The molecule has 0 radical (unpaired) electrons. The summed E-state index contributed by atoms with van der Waals surface area (Å²) in [6, 6.07) is 16.0. The Bertz CT molecular complexity index is 1320. The summed E-state index contributed by atoms with van der Waals surface area (Å²) in [5.41, 5.74) is 5.90. The number of rotatable bonds is 6. The van der Waals surface area contributed by atoms with Gasteiger partial charge in [0.15, 0.2) is 5.78 Å². The van der Waals surface area contributed by atoms with E-state index in [0.29, 0.717) is 17.5 Å². The molecule has 0 saturated heterocycles. The first kappa shape index (κ1) is 20.8. The molecule has 1 aromatic carbocycles. The molecule has 3 aromatic heterocycles. The van der Waals surface area contributed by atoms with E-state index in [2.05, 4.69) is 33.6 Å². The molecule has 1 N–H and O–H groups in total. The number of fused-ring (bicyclic) bond motifs is 1. The standard InChI is InChI=1S/C26H27N3O2/c1-16-15-17(2)28-26(31)21(16)12-13-23(30)24-19(4)29(25-22(24)11-8-14-27-25)18(3)20-9-6-5-7-10-20/h5-11,14-15,18H,12-13H2,1-4H3,(H,28,31). The number of hydrogen-bond donors (Lipinski definition) is 1. The number of ketones is 1. The quantitative estimate of drug-likeness (QED) is 0.449. The van der Waals surface area contributed by atoms with Crippen LogP contribution in [0.2, 0.25) is 0 Å². The van der Waals surface area contributed by atoms with Gasteiger partial charge in [0.05, 0.1) is 6.04 Å². The number of carbonyl (C=O) groups is 1. The van der Waals surface area contributed by atoms with Gasteiger partial charge < -0.3 is 9.55 Å². The second kappa shape index (κ2) is 8.34. The number of H-pyrrole nitrogens is 1. The molecule has 4 aromatic rings. The summed E-state index contributed by atoms with van der Waals surface area (Å²) in [6.45, 7) is 7.89. The summed E-state index contributed by atoms with van der Waals surface area (Å²) in [6.07, 6.45) is 2.46. The fourth-order valence-electron chi connectivity index (χ4n) is 4.52. The van der Waals surface area contributed by atoms with E-state index < -0.39 is 0 Å². The summed E-state index contributed by atoms with van der Waals surface area (Å²) >= 11 is 0. The normalized spacial score (nSPS) is 12.3. The van der Waals surface area contributed by atoms with Crippen molar-refractivity contribution in [2.45, 2.75) is 46.6 Å². The van der Waals surface area contributed by atoms with Crippen molar-refractivity contribution in [1.29, 1.82) is 0 Å². The SMILES string of the molecule is Cc1cc(C)c(CCC(=O)c2c(C)n(C(C)c3ccccc3)c3ncccc23)c(=O)[nH]1. The number of benzene rings is 1. The highest BCUT2D eigenvalue weighted by molar-refractivity contribution is 6.08. The molecule has 1 unspecified atom stereocenters. The van der Waals surface area contributed by atoms with Gasteiger partial charge in [0.1, 0.15) is 5.65 Å². The van der Waals surface area contributed by atoms with E-state index >= 15 is 0 Å². The molecule has 0 aliphatic rings. The van der Waals surface area contributed by atoms with E-state index in [1.807, 2.05) is 57.2 Å². The first-order valence-corrected chi connectivity index (χ1v) is 10.6. The number of nitrogens with one attached hydrogen (secondary N) is 1. The predicted molar refractivity (Wildman–Crippen MR) is 124 cm³/mol. The molecule has 0 amide bonds. The lowest BCUT2D eigenvalue weighted by Crippen LogP contribution is -2.17. The van der Waals surface area contributed by atoms with Crippen LogP contribution in [0.4, 0.5) is 0 Å². The minimum atomic E-state index is -0.108. The lowest BCUT2D eigenvalue weighted by molar-refractivity contribution is 0.0983. The third kappa shape index (κ3) is 3.83. The zero-order chi connectivity index (χ0) is 22.1. The van der Waals surface area contributed by atoms with Crippen LogP contribution in [-0.2, 0) is 6.42 Å². The van der Waals surface area contributed by atoms with E-state index in [-0.39, 0.29) is 23.8 Å². The van der Waals surface area contributed by atoms with Crippen molar-refractivity contribution in [3.8, 4) is 0 Å². The van der Waals surface area contributed by atoms with Crippen molar-refractivity contribution in [3.63, 3.8) is 0 Å². The third-order valence-electron chi connectivity index (χ3n) is 6.05. The van der Waals surface area contributed by atoms with Gasteiger partial charge in [0.25, 0.3) is 5.56 Å². The van der Waals surface area contributed by atoms with Gasteiger partial charge in [0.2, 0.25) is 0 Å². The largest absolute Gasteiger partial charge is 0.326 e. The van der Waals surface area contributed by atoms with Gasteiger partial charge in [-0.2, -0.15) is 0 Å². The van der Waals surface area contributed by atoms with Crippen LogP contribution in [0.5, 0.6) is 0 Å². The van der Waals surface area contributed by atoms with Crippen LogP contribution in [0.3, 0.4) is 0 Å². The van der Waals surface area contributed by atoms with Crippen molar-refractivity contribution >= 4 is 16.8 Å². The lowest BCUT2D eigenvalue weighted by atomic mass is 9.99. The molecule has 5 heteroatoms. The van der Waals surface area contributed by atoms with E-state index in [9.17, 15) is 9.59 Å². The van der Waals surface area contributed by atoms with E-state index in [1.165, 1.54) is 0 Å². The van der Waals surface area contributed by atoms with Gasteiger partial charge in [0, 0.05) is 40.5 Å². The Morgan fingerprint density at radius 1 is 1.10 bits per heavy atom. The second-order valence-corrected chi connectivity index (χ2v) is 8.16. The number of aryl methyl sites for hydroxylation is 2. The number of pyridine rings is 2. The third-order valence-corrected chi connectivity index (χ3v) is 6.05. The van der Waals surface area contributed by atoms with E-state index in [0.717, 1.165) is 33.5 Å². The number of aromatic nitrogens is 3. The second-order valence-electron chi connectivity index (χ2n) is 8.16.